The van der Waals surface area contributed by atoms with Crippen molar-refractivity contribution in [2.75, 3.05) is 26.7 Å². The third-order valence-electron chi connectivity index (χ3n) is 3.75. The topological polar surface area (TPSA) is 49.6 Å². The van der Waals surface area contributed by atoms with Gasteiger partial charge in [0.2, 0.25) is 5.91 Å². The van der Waals surface area contributed by atoms with Gasteiger partial charge >= 0.3 is 0 Å². The van der Waals surface area contributed by atoms with E-state index in [1.807, 2.05) is 35.2 Å². The predicted octanol–water partition coefficient (Wildman–Crippen LogP) is 1.24. The minimum atomic E-state index is -0.549. The number of hydrogen-bond donors (Lipinski definition) is 1. The summed E-state index contributed by atoms with van der Waals surface area (Å²) in [7, 11) is 2.10. The van der Waals surface area contributed by atoms with Gasteiger partial charge in [-0.3, -0.25) is 4.79 Å². The Kier molecular flexibility index (Phi) is 4.56. The van der Waals surface area contributed by atoms with Crippen molar-refractivity contribution in [2.45, 2.75) is 25.4 Å². The summed E-state index contributed by atoms with van der Waals surface area (Å²) in [5.41, 5.74) is 7.00. The van der Waals surface area contributed by atoms with E-state index in [0.29, 0.717) is 0 Å². The molecular formula is C15H23N3O. The van der Waals surface area contributed by atoms with Gasteiger partial charge in [-0.25, -0.2) is 0 Å². The number of nitrogens with two attached hydrogens (primary N) is 1. The lowest BCUT2D eigenvalue weighted by Gasteiger charge is -2.30. The molecule has 1 heterocycles. The van der Waals surface area contributed by atoms with Crippen molar-refractivity contribution in [1.29, 1.82) is 0 Å². The van der Waals surface area contributed by atoms with E-state index in [1.54, 1.807) is 0 Å². The SMILES string of the molecule is CC1CN(C)CCCN1C(=O)[C@H](N)c1ccccc1. The zero-order chi connectivity index (χ0) is 13.8. The van der Waals surface area contributed by atoms with Crippen LogP contribution in [0.4, 0.5) is 0 Å². The van der Waals surface area contributed by atoms with E-state index >= 15 is 0 Å². The first-order chi connectivity index (χ1) is 9.09. The molecule has 2 rings (SSSR count). The Labute approximate surface area is 115 Å². The van der Waals surface area contributed by atoms with Gasteiger partial charge in [0.25, 0.3) is 0 Å². The first kappa shape index (κ1) is 14.0. The van der Waals surface area contributed by atoms with Crippen molar-refractivity contribution < 1.29 is 4.79 Å². The standard InChI is InChI=1S/C15H23N3O/c1-12-11-17(2)9-6-10-18(12)15(19)14(16)13-7-4-3-5-8-13/h3-5,7-8,12,14H,6,9-11,16H2,1-2H3/t12?,14-/m1/s1. The minimum absolute atomic E-state index is 0.0361. The highest BCUT2D eigenvalue weighted by atomic mass is 16.2. The van der Waals surface area contributed by atoms with Crippen LogP contribution in [0, 0.1) is 0 Å². The number of carbonyl (C=O) groups excluding carboxylic acids is 1. The number of rotatable bonds is 2. The zero-order valence-corrected chi connectivity index (χ0v) is 11.7. The lowest BCUT2D eigenvalue weighted by Crippen LogP contribution is -2.46. The molecule has 0 aromatic heterocycles. The zero-order valence-electron chi connectivity index (χ0n) is 11.7. The Hall–Kier alpha value is -1.39. The molecule has 1 saturated heterocycles. The normalized spacial score (nSPS) is 22.9. The molecule has 1 fully saturated rings. The maximum atomic E-state index is 12.6. The van der Waals surface area contributed by atoms with E-state index in [-0.39, 0.29) is 11.9 Å². The van der Waals surface area contributed by atoms with Crippen molar-refractivity contribution in [1.82, 2.24) is 9.80 Å². The van der Waals surface area contributed by atoms with Crippen molar-refractivity contribution in [2.24, 2.45) is 5.73 Å². The molecule has 2 N–H and O–H groups in total. The Bertz CT molecular complexity index is 421. The summed E-state index contributed by atoms with van der Waals surface area (Å²) < 4.78 is 0. The lowest BCUT2D eigenvalue weighted by molar-refractivity contribution is -0.134. The van der Waals surface area contributed by atoms with Gasteiger partial charge in [0.15, 0.2) is 0 Å². The van der Waals surface area contributed by atoms with Gasteiger partial charge in [-0.2, -0.15) is 0 Å². The molecule has 4 nitrogen and oxygen atoms in total. The van der Waals surface area contributed by atoms with Gasteiger partial charge < -0.3 is 15.5 Å². The molecular weight excluding hydrogens is 238 g/mol. The molecule has 1 unspecified atom stereocenters. The monoisotopic (exact) mass is 261 g/mol. The van der Waals surface area contributed by atoms with E-state index in [4.69, 9.17) is 5.73 Å². The van der Waals surface area contributed by atoms with Crippen LogP contribution in [0.25, 0.3) is 0 Å². The maximum Gasteiger partial charge on any atom is 0.244 e. The molecule has 0 spiro atoms. The summed E-state index contributed by atoms with van der Waals surface area (Å²) in [5.74, 6) is 0.0361. The molecule has 1 aliphatic heterocycles. The van der Waals surface area contributed by atoms with Crippen LogP contribution in [-0.4, -0.2) is 48.4 Å². The number of benzene rings is 1. The minimum Gasteiger partial charge on any atom is -0.337 e. The smallest absolute Gasteiger partial charge is 0.244 e. The van der Waals surface area contributed by atoms with Gasteiger partial charge in [-0.1, -0.05) is 30.3 Å². The van der Waals surface area contributed by atoms with E-state index in [2.05, 4.69) is 18.9 Å². The highest BCUT2D eigenvalue weighted by molar-refractivity contribution is 5.83. The molecule has 0 aliphatic carbocycles. The third kappa shape index (κ3) is 3.33. The van der Waals surface area contributed by atoms with Gasteiger partial charge in [0.1, 0.15) is 6.04 Å². The van der Waals surface area contributed by atoms with E-state index in [0.717, 1.165) is 31.6 Å². The molecule has 1 aromatic rings. The molecule has 0 radical (unpaired) electrons. The second-order valence-electron chi connectivity index (χ2n) is 5.38. The molecule has 104 valence electrons. The van der Waals surface area contributed by atoms with Crippen LogP contribution >= 0.6 is 0 Å². The van der Waals surface area contributed by atoms with Crippen LogP contribution < -0.4 is 5.73 Å². The van der Waals surface area contributed by atoms with Crippen molar-refractivity contribution in [3.8, 4) is 0 Å². The van der Waals surface area contributed by atoms with Crippen LogP contribution in [0.1, 0.15) is 24.9 Å². The maximum absolute atomic E-state index is 12.6. The quantitative estimate of drug-likeness (QED) is 0.871. The highest BCUT2D eigenvalue weighted by Gasteiger charge is 2.28. The summed E-state index contributed by atoms with van der Waals surface area (Å²) in [6.07, 6.45) is 1.01. The number of nitrogens with zero attached hydrogens (tertiary/aromatic N) is 2. The van der Waals surface area contributed by atoms with Gasteiger partial charge in [0, 0.05) is 19.1 Å². The van der Waals surface area contributed by atoms with Crippen LogP contribution in [0.2, 0.25) is 0 Å². The predicted molar refractivity (Wildman–Crippen MR) is 76.7 cm³/mol. The van der Waals surface area contributed by atoms with Crippen LogP contribution in [0.5, 0.6) is 0 Å². The molecule has 0 bridgehead atoms. The van der Waals surface area contributed by atoms with E-state index in [1.165, 1.54) is 0 Å². The highest BCUT2D eigenvalue weighted by Crippen LogP contribution is 2.17. The Morgan fingerprint density at radius 1 is 1.32 bits per heavy atom. The molecule has 0 saturated carbocycles. The fourth-order valence-corrected chi connectivity index (χ4v) is 2.68. The third-order valence-corrected chi connectivity index (χ3v) is 3.75. The Balaban J connectivity index is 2.10. The fourth-order valence-electron chi connectivity index (χ4n) is 2.68. The summed E-state index contributed by atoms with van der Waals surface area (Å²) in [5, 5.41) is 0. The molecule has 4 heteroatoms. The fraction of sp³-hybridized carbons (Fsp3) is 0.533. The second-order valence-corrected chi connectivity index (χ2v) is 5.38. The van der Waals surface area contributed by atoms with E-state index in [9.17, 15) is 4.79 Å². The van der Waals surface area contributed by atoms with E-state index < -0.39 is 6.04 Å². The molecule has 1 aromatic carbocycles. The van der Waals surface area contributed by atoms with Crippen LogP contribution in [0.3, 0.4) is 0 Å². The Morgan fingerprint density at radius 3 is 2.68 bits per heavy atom. The molecule has 1 amide bonds. The van der Waals surface area contributed by atoms with Gasteiger partial charge in [-0.05, 0) is 32.5 Å². The lowest BCUT2D eigenvalue weighted by atomic mass is 10.1. The van der Waals surface area contributed by atoms with Gasteiger partial charge in [0.05, 0.1) is 0 Å². The van der Waals surface area contributed by atoms with Crippen molar-refractivity contribution in [3.05, 3.63) is 35.9 Å². The number of likely N-dealkylation sites (N-methyl/N-ethyl adjacent to an activating group) is 1. The van der Waals surface area contributed by atoms with Gasteiger partial charge in [-0.15, -0.1) is 0 Å². The molecule has 2 atom stereocenters. The van der Waals surface area contributed by atoms with Crippen LogP contribution in [-0.2, 0) is 4.79 Å². The molecule has 19 heavy (non-hydrogen) atoms. The Morgan fingerprint density at radius 2 is 2.00 bits per heavy atom. The summed E-state index contributed by atoms with van der Waals surface area (Å²) in [6, 6.07) is 9.27. The average Bonchev–Trinajstić information content (AvgIpc) is 2.58. The molecule has 1 aliphatic rings. The number of carbonyl (C=O) groups is 1. The van der Waals surface area contributed by atoms with Crippen LogP contribution in [0.15, 0.2) is 30.3 Å². The summed E-state index contributed by atoms with van der Waals surface area (Å²) in [6.45, 7) is 4.84. The summed E-state index contributed by atoms with van der Waals surface area (Å²) in [4.78, 5) is 16.8. The summed E-state index contributed by atoms with van der Waals surface area (Å²) >= 11 is 0. The second kappa shape index (κ2) is 6.17. The first-order valence-electron chi connectivity index (χ1n) is 6.89. The average molecular weight is 261 g/mol. The number of amides is 1. The first-order valence-corrected chi connectivity index (χ1v) is 6.89. The van der Waals surface area contributed by atoms with Crippen molar-refractivity contribution >= 4 is 5.91 Å². The van der Waals surface area contributed by atoms with Crippen molar-refractivity contribution in [3.63, 3.8) is 0 Å². The number of hydrogen-bond acceptors (Lipinski definition) is 3. The largest absolute Gasteiger partial charge is 0.337 e.